The van der Waals surface area contributed by atoms with Crippen molar-refractivity contribution in [1.82, 2.24) is 0 Å². The van der Waals surface area contributed by atoms with Crippen LogP contribution in [0.15, 0.2) is 70.2 Å². The van der Waals surface area contributed by atoms with Crippen LogP contribution in [0.3, 0.4) is 0 Å². The Labute approximate surface area is 127 Å². The maximum absolute atomic E-state index is 11.9. The van der Waals surface area contributed by atoms with E-state index >= 15 is 0 Å². The van der Waals surface area contributed by atoms with Crippen LogP contribution in [0.2, 0.25) is 0 Å². The third-order valence-electron chi connectivity index (χ3n) is 3.17. The predicted octanol–water partition coefficient (Wildman–Crippen LogP) is 3.75. The first-order valence-electron chi connectivity index (χ1n) is 6.49. The molecular formula is C17H13NO2S. The minimum absolute atomic E-state index is 0.414. The molecule has 21 heavy (non-hydrogen) atoms. The Kier molecular flexibility index (Phi) is 3.88. The Bertz CT molecular complexity index is 718. The Morgan fingerprint density at radius 1 is 1.05 bits per heavy atom. The first kappa shape index (κ1) is 13.6. The predicted molar refractivity (Wildman–Crippen MR) is 85.3 cm³/mol. The lowest BCUT2D eigenvalue weighted by Gasteiger charge is -2.01. The van der Waals surface area contributed by atoms with Gasteiger partial charge in [-0.1, -0.05) is 47.6 Å². The summed E-state index contributed by atoms with van der Waals surface area (Å²) in [5, 5.41) is 3.89. The van der Waals surface area contributed by atoms with Crippen molar-refractivity contribution in [3.63, 3.8) is 0 Å². The molecule has 0 radical (unpaired) electrons. The molecule has 0 amide bonds. The summed E-state index contributed by atoms with van der Waals surface area (Å²) < 4.78 is 0. The highest BCUT2D eigenvalue weighted by Crippen LogP contribution is 2.22. The summed E-state index contributed by atoms with van der Waals surface area (Å²) in [7, 11) is 0. The highest BCUT2D eigenvalue weighted by Gasteiger charge is 2.26. The zero-order valence-electron chi connectivity index (χ0n) is 11.4. The van der Waals surface area contributed by atoms with Crippen molar-refractivity contribution >= 4 is 29.5 Å². The molecule has 0 spiro atoms. The van der Waals surface area contributed by atoms with Gasteiger partial charge < -0.3 is 4.84 Å². The molecule has 1 aliphatic rings. The van der Waals surface area contributed by atoms with E-state index in [-0.39, 0.29) is 0 Å². The van der Waals surface area contributed by atoms with Crippen molar-refractivity contribution in [3.8, 4) is 0 Å². The number of hydrogen-bond acceptors (Lipinski definition) is 4. The lowest BCUT2D eigenvalue weighted by Crippen LogP contribution is -2.06. The first-order chi connectivity index (χ1) is 10.3. The van der Waals surface area contributed by atoms with Crippen LogP contribution in [-0.4, -0.2) is 17.9 Å². The maximum atomic E-state index is 11.9. The SMILES string of the molecule is CSc1ccc(C=C2C(=O)ON=C2c2ccccc2)cc1. The molecule has 0 unspecified atom stereocenters. The fraction of sp³-hybridized carbons (Fsp3) is 0.0588. The highest BCUT2D eigenvalue weighted by atomic mass is 32.2. The molecule has 0 saturated heterocycles. The van der Waals surface area contributed by atoms with Crippen LogP contribution in [0, 0.1) is 0 Å². The van der Waals surface area contributed by atoms with Crippen LogP contribution in [0.1, 0.15) is 11.1 Å². The Balaban J connectivity index is 1.96. The van der Waals surface area contributed by atoms with Gasteiger partial charge in [0.15, 0.2) is 0 Å². The summed E-state index contributed by atoms with van der Waals surface area (Å²) in [6, 6.07) is 17.6. The van der Waals surface area contributed by atoms with Crippen molar-refractivity contribution < 1.29 is 9.63 Å². The zero-order valence-corrected chi connectivity index (χ0v) is 12.3. The van der Waals surface area contributed by atoms with Gasteiger partial charge in [0.1, 0.15) is 5.71 Å². The molecule has 0 fully saturated rings. The van der Waals surface area contributed by atoms with Gasteiger partial charge in [-0.25, -0.2) is 4.79 Å². The van der Waals surface area contributed by atoms with Crippen molar-refractivity contribution in [1.29, 1.82) is 0 Å². The second-order valence-electron chi connectivity index (χ2n) is 4.52. The van der Waals surface area contributed by atoms with E-state index in [1.807, 2.05) is 66.9 Å². The van der Waals surface area contributed by atoms with Crippen LogP contribution >= 0.6 is 11.8 Å². The van der Waals surface area contributed by atoms with Crippen LogP contribution < -0.4 is 0 Å². The van der Waals surface area contributed by atoms with Gasteiger partial charge in [-0.15, -0.1) is 11.8 Å². The van der Waals surface area contributed by atoms with Crippen molar-refractivity contribution in [2.45, 2.75) is 4.90 Å². The number of carbonyl (C=O) groups is 1. The van der Waals surface area contributed by atoms with Gasteiger partial charge in [0.05, 0.1) is 5.57 Å². The fourth-order valence-electron chi connectivity index (χ4n) is 2.08. The average molecular weight is 295 g/mol. The smallest absolute Gasteiger partial charge is 0.312 e. The largest absolute Gasteiger partial charge is 0.368 e. The second kappa shape index (κ2) is 5.97. The van der Waals surface area contributed by atoms with Gasteiger partial charge in [0.2, 0.25) is 0 Å². The summed E-state index contributed by atoms with van der Waals surface area (Å²) >= 11 is 1.68. The van der Waals surface area contributed by atoms with Crippen LogP contribution in [0.5, 0.6) is 0 Å². The van der Waals surface area contributed by atoms with Gasteiger partial charge in [-0.05, 0) is 30.0 Å². The zero-order chi connectivity index (χ0) is 14.7. The number of hydrogen-bond donors (Lipinski definition) is 0. The van der Waals surface area contributed by atoms with Gasteiger partial charge >= 0.3 is 5.97 Å². The normalized spacial score (nSPS) is 16.0. The Morgan fingerprint density at radius 2 is 1.76 bits per heavy atom. The van der Waals surface area contributed by atoms with E-state index in [2.05, 4.69) is 5.16 Å². The van der Waals surface area contributed by atoms with Gasteiger partial charge in [-0.2, -0.15) is 0 Å². The van der Waals surface area contributed by atoms with Crippen LogP contribution in [-0.2, 0) is 9.63 Å². The first-order valence-corrected chi connectivity index (χ1v) is 7.71. The van der Waals surface area contributed by atoms with E-state index in [1.54, 1.807) is 11.8 Å². The Morgan fingerprint density at radius 3 is 2.43 bits per heavy atom. The molecule has 0 aliphatic carbocycles. The highest BCUT2D eigenvalue weighted by molar-refractivity contribution is 7.98. The lowest BCUT2D eigenvalue weighted by atomic mass is 10.0. The molecule has 3 rings (SSSR count). The standard InChI is InChI=1S/C17H13NO2S/c1-21-14-9-7-12(8-10-14)11-15-16(18-20-17(15)19)13-5-3-2-4-6-13/h2-11H,1H3. The number of oxime groups is 1. The lowest BCUT2D eigenvalue weighted by molar-refractivity contribution is -0.136. The number of carbonyl (C=O) groups excluding carboxylic acids is 1. The number of benzene rings is 2. The van der Waals surface area contributed by atoms with E-state index in [4.69, 9.17) is 4.84 Å². The second-order valence-corrected chi connectivity index (χ2v) is 5.40. The van der Waals surface area contributed by atoms with E-state index < -0.39 is 5.97 Å². The molecule has 1 heterocycles. The molecule has 4 heteroatoms. The molecule has 1 aliphatic heterocycles. The van der Waals surface area contributed by atoms with Crippen molar-refractivity contribution in [2.75, 3.05) is 6.26 Å². The molecule has 0 N–H and O–H groups in total. The third kappa shape index (κ3) is 2.90. The van der Waals surface area contributed by atoms with E-state index in [0.29, 0.717) is 11.3 Å². The summed E-state index contributed by atoms with van der Waals surface area (Å²) in [4.78, 5) is 17.9. The summed E-state index contributed by atoms with van der Waals surface area (Å²) in [6.45, 7) is 0. The van der Waals surface area contributed by atoms with Crippen molar-refractivity contribution in [3.05, 3.63) is 71.3 Å². The molecule has 2 aromatic carbocycles. The minimum atomic E-state index is -0.414. The summed E-state index contributed by atoms with van der Waals surface area (Å²) in [5.41, 5.74) is 2.88. The summed E-state index contributed by atoms with van der Waals surface area (Å²) in [6.07, 6.45) is 3.84. The molecule has 0 bridgehead atoms. The third-order valence-corrected chi connectivity index (χ3v) is 3.91. The van der Waals surface area contributed by atoms with Gasteiger partial charge in [0, 0.05) is 10.5 Å². The molecule has 0 atom stereocenters. The van der Waals surface area contributed by atoms with Crippen LogP contribution in [0.25, 0.3) is 6.08 Å². The topological polar surface area (TPSA) is 38.7 Å². The van der Waals surface area contributed by atoms with E-state index in [0.717, 1.165) is 11.1 Å². The molecule has 0 saturated carbocycles. The van der Waals surface area contributed by atoms with Crippen molar-refractivity contribution in [2.24, 2.45) is 5.16 Å². The van der Waals surface area contributed by atoms with E-state index in [9.17, 15) is 4.79 Å². The monoisotopic (exact) mass is 295 g/mol. The fourth-order valence-corrected chi connectivity index (χ4v) is 2.49. The minimum Gasteiger partial charge on any atom is -0.312 e. The molecule has 104 valence electrons. The average Bonchev–Trinajstić information content (AvgIpc) is 2.90. The molecular weight excluding hydrogens is 282 g/mol. The number of thioether (sulfide) groups is 1. The molecule has 3 nitrogen and oxygen atoms in total. The van der Waals surface area contributed by atoms with Gasteiger partial charge in [0.25, 0.3) is 0 Å². The molecule has 2 aromatic rings. The Hall–Kier alpha value is -2.33. The van der Waals surface area contributed by atoms with E-state index in [1.165, 1.54) is 4.90 Å². The number of nitrogens with zero attached hydrogens (tertiary/aromatic N) is 1. The molecule has 0 aromatic heterocycles. The van der Waals surface area contributed by atoms with Gasteiger partial charge in [-0.3, -0.25) is 0 Å². The quantitative estimate of drug-likeness (QED) is 0.492. The number of rotatable bonds is 3. The van der Waals surface area contributed by atoms with Crippen LogP contribution in [0.4, 0.5) is 0 Å². The summed E-state index contributed by atoms with van der Waals surface area (Å²) in [5.74, 6) is -0.414. The maximum Gasteiger partial charge on any atom is 0.368 e.